The highest BCUT2D eigenvalue weighted by molar-refractivity contribution is 6.40. The van der Waals surface area contributed by atoms with E-state index in [1.807, 2.05) is 13.8 Å². The Morgan fingerprint density at radius 3 is 2.36 bits per heavy atom. The highest BCUT2D eigenvalue weighted by atomic mass is 14.9. The van der Waals surface area contributed by atoms with Gasteiger partial charge < -0.3 is 0 Å². The van der Waals surface area contributed by atoms with Crippen LogP contribution < -0.4 is 0 Å². The molecule has 0 radical (unpaired) electrons. The van der Waals surface area contributed by atoms with Crippen molar-refractivity contribution >= 4 is 11.4 Å². The van der Waals surface area contributed by atoms with Gasteiger partial charge in [0.25, 0.3) is 0 Å². The lowest BCUT2D eigenvalue weighted by molar-refractivity contribution is 0.502. The summed E-state index contributed by atoms with van der Waals surface area (Å²) in [4.78, 5) is 8.95. The molecule has 1 heterocycles. The van der Waals surface area contributed by atoms with Crippen molar-refractivity contribution in [3.8, 4) is 0 Å². The average Bonchev–Trinajstić information content (AvgIpc) is 1.94. The molecule has 1 aliphatic heterocycles. The lowest BCUT2D eigenvalue weighted by Gasteiger charge is -2.19. The lowest BCUT2D eigenvalue weighted by atomic mass is 10.0. The molecular weight excluding hydrogens is 136 g/mol. The van der Waals surface area contributed by atoms with Gasteiger partial charge in [0.15, 0.2) is 0 Å². The summed E-state index contributed by atoms with van der Waals surface area (Å²) in [6.45, 7) is 9.32. The van der Waals surface area contributed by atoms with Crippen LogP contribution in [0.15, 0.2) is 9.98 Å². The summed E-state index contributed by atoms with van der Waals surface area (Å²) < 4.78 is 0. The van der Waals surface area contributed by atoms with E-state index in [9.17, 15) is 0 Å². The van der Waals surface area contributed by atoms with Gasteiger partial charge in [-0.2, -0.15) is 0 Å². The Balaban J connectivity index is 2.69. The Bertz CT molecular complexity index is 202. The van der Waals surface area contributed by atoms with Gasteiger partial charge in [0.2, 0.25) is 0 Å². The maximum absolute atomic E-state index is 4.55. The van der Waals surface area contributed by atoms with Crippen LogP contribution in [0.4, 0.5) is 0 Å². The zero-order chi connectivity index (χ0) is 8.43. The minimum Gasteiger partial charge on any atom is -0.286 e. The minimum atomic E-state index is 0.415. The fourth-order valence-corrected chi connectivity index (χ4v) is 1.09. The fraction of sp³-hybridized carbons (Fsp3) is 0.778. The third-order valence-corrected chi connectivity index (χ3v) is 2.17. The molecule has 1 rings (SSSR count). The molecule has 0 aliphatic carbocycles. The first-order chi connectivity index (χ1) is 5.11. The van der Waals surface area contributed by atoms with Crippen LogP contribution in [0.3, 0.4) is 0 Å². The van der Waals surface area contributed by atoms with E-state index in [2.05, 4.69) is 23.8 Å². The van der Waals surface area contributed by atoms with Gasteiger partial charge in [0.05, 0.1) is 24.0 Å². The van der Waals surface area contributed by atoms with Crippen LogP contribution in [-0.2, 0) is 0 Å². The van der Waals surface area contributed by atoms with E-state index in [0.717, 1.165) is 18.0 Å². The summed E-state index contributed by atoms with van der Waals surface area (Å²) >= 11 is 0. The van der Waals surface area contributed by atoms with Crippen molar-refractivity contribution in [3.63, 3.8) is 0 Å². The molecule has 0 aromatic rings. The number of rotatable bonds is 1. The molecular formula is C9H16N2. The Labute approximate surface area is 68.4 Å². The van der Waals surface area contributed by atoms with Gasteiger partial charge in [0.1, 0.15) is 0 Å². The lowest BCUT2D eigenvalue weighted by Crippen LogP contribution is -2.25. The van der Waals surface area contributed by atoms with Crippen molar-refractivity contribution < 1.29 is 0 Å². The molecule has 1 atom stereocenters. The molecule has 0 spiro atoms. The summed E-state index contributed by atoms with van der Waals surface area (Å²) in [6, 6.07) is 0.415. The van der Waals surface area contributed by atoms with E-state index in [1.165, 1.54) is 0 Å². The summed E-state index contributed by atoms with van der Waals surface area (Å²) in [7, 11) is 0. The molecule has 0 N–H and O–H groups in total. The second-order valence-electron chi connectivity index (χ2n) is 3.45. The first kappa shape index (κ1) is 8.44. The molecule has 2 heteroatoms. The molecule has 0 fully saturated rings. The van der Waals surface area contributed by atoms with Crippen LogP contribution in [0.1, 0.15) is 27.7 Å². The fourth-order valence-electron chi connectivity index (χ4n) is 1.09. The third kappa shape index (κ3) is 1.88. The summed E-state index contributed by atoms with van der Waals surface area (Å²) in [6.07, 6.45) is 0. The Kier molecular flexibility index (Phi) is 2.42. The molecule has 0 saturated heterocycles. The van der Waals surface area contributed by atoms with Crippen LogP contribution in [0, 0.1) is 5.92 Å². The van der Waals surface area contributed by atoms with Gasteiger partial charge in [-0.15, -0.1) is 0 Å². The third-order valence-electron chi connectivity index (χ3n) is 2.17. The van der Waals surface area contributed by atoms with Crippen molar-refractivity contribution in [1.29, 1.82) is 0 Å². The predicted octanol–water partition coefficient (Wildman–Crippen LogP) is 1.95. The van der Waals surface area contributed by atoms with E-state index in [4.69, 9.17) is 0 Å². The second-order valence-corrected chi connectivity index (χ2v) is 3.45. The van der Waals surface area contributed by atoms with Crippen LogP contribution >= 0.6 is 0 Å². The van der Waals surface area contributed by atoms with E-state index >= 15 is 0 Å². The van der Waals surface area contributed by atoms with Crippen LogP contribution in [-0.4, -0.2) is 24.0 Å². The largest absolute Gasteiger partial charge is 0.286 e. The minimum absolute atomic E-state index is 0.415. The summed E-state index contributed by atoms with van der Waals surface area (Å²) in [5.74, 6) is 0.613. The summed E-state index contributed by atoms with van der Waals surface area (Å²) in [5.41, 5.74) is 2.21. The molecule has 11 heavy (non-hydrogen) atoms. The standard InChI is InChI=1S/C9H16N2/c1-6(2)9-5-10-7(3)8(4)11-9/h6,9H,5H2,1-4H3. The highest BCUT2D eigenvalue weighted by Gasteiger charge is 2.15. The monoisotopic (exact) mass is 152 g/mol. The molecule has 0 bridgehead atoms. The normalized spacial score (nSPS) is 25.0. The quantitative estimate of drug-likeness (QED) is 0.548. The van der Waals surface area contributed by atoms with Crippen molar-refractivity contribution in [2.45, 2.75) is 33.7 Å². The smallest absolute Gasteiger partial charge is 0.0721 e. The molecule has 0 amide bonds. The van der Waals surface area contributed by atoms with Gasteiger partial charge in [-0.3, -0.25) is 9.98 Å². The van der Waals surface area contributed by atoms with Crippen molar-refractivity contribution in [3.05, 3.63) is 0 Å². The zero-order valence-electron chi connectivity index (χ0n) is 7.76. The zero-order valence-corrected chi connectivity index (χ0v) is 7.76. The van der Waals surface area contributed by atoms with Crippen LogP contribution in [0.25, 0.3) is 0 Å². The van der Waals surface area contributed by atoms with E-state index in [0.29, 0.717) is 12.0 Å². The van der Waals surface area contributed by atoms with E-state index < -0.39 is 0 Å². The van der Waals surface area contributed by atoms with E-state index in [1.54, 1.807) is 0 Å². The number of hydrogen-bond donors (Lipinski definition) is 0. The van der Waals surface area contributed by atoms with Crippen molar-refractivity contribution in [1.82, 2.24) is 0 Å². The average molecular weight is 152 g/mol. The first-order valence-electron chi connectivity index (χ1n) is 4.17. The topological polar surface area (TPSA) is 24.7 Å². The maximum atomic E-state index is 4.55. The van der Waals surface area contributed by atoms with Crippen molar-refractivity contribution in [2.24, 2.45) is 15.9 Å². The molecule has 1 unspecified atom stereocenters. The van der Waals surface area contributed by atoms with E-state index in [-0.39, 0.29) is 0 Å². The Hall–Kier alpha value is -0.660. The van der Waals surface area contributed by atoms with Gasteiger partial charge in [-0.05, 0) is 19.8 Å². The molecule has 0 aromatic heterocycles. The maximum Gasteiger partial charge on any atom is 0.0721 e. The van der Waals surface area contributed by atoms with Gasteiger partial charge in [-0.1, -0.05) is 13.8 Å². The SMILES string of the molecule is CC1=NCC(C(C)C)N=C1C. The number of hydrogen-bond acceptors (Lipinski definition) is 2. The van der Waals surface area contributed by atoms with Gasteiger partial charge in [0, 0.05) is 0 Å². The molecule has 2 nitrogen and oxygen atoms in total. The molecule has 62 valence electrons. The summed E-state index contributed by atoms with van der Waals surface area (Å²) in [5, 5.41) is 0. The number of nitrogens with zero attached hydrogens (tertiary/aromatic N) is 2. The molecule has 0 aromatic carbocycles. The first-order valence-corrected chi connectivity index (χ1v) is 4.17. The molecule has 1 aliphatic rings. The number of aliphatic imine (C=N–C) groups is 2. The second kappa shape index (κ2) is 3.16. The van der Waals surface area contributed by atoms with Gasteiger partial charge in [-0.25, -0.2) is 0 Å². The van der Waals surface area contributed by atoms with Crippen LogP contribution in [0.2, 0.25) is 0 Å². The molecule has 0 saturated carbocycles. The van der Waals surface area contributed by atoms with Crippen molar-refractivity contribution in [2.75, 3.05) is 6.54 Å². The van der Waals surface area contributed by atoms with Gasteiger partial charge >= 0.3 is 0 Å². The predicted molar refractivity (Wildman–Crippen MR) is 49.7 cm³/mol. The Morgan fingerprint density at radius 2 is 1.91 bits per heavy atom. The Morgan fingerprint density at radius 1 is 1.27 bits per heavy atom. The highest BCUT2D eigenvalue weighted by Crippen LogP contribution is 2.11. The van der Waals surface area contributed by atoms with Crippen LogP contribution in [0.5, 0.6) is 0 Å².